The highest BCUT2D eigenvalue weighted by Gasteiger charge is 2.29. The Hall–Kier alpha value is -2.51. The van der Waals surface area contributed by atoms with Crippen LogP contribution in [-0.2, 0) is 17.1 Å². The van der Waals surface area contributed by atoms with Gasteiger partial charge in [-0.05, 0) is 36.3 Å². The molecule has 1 aliphatic rings. The van der Waals surface area contributed by atoms with E-state index in [9.17, 15) is 12.8 Å². The summed E-state index contributed by atoms with van der Waals surface area (Å²) in [5.74, 6) is -0.720. The molecule has 0 N–H and O–H groups in total. The lowest BCUT2D eigenvalue weighted by molar-refractivity contribution is 0.436. The summed E-state index contributed by atoms with van der Waals surface area (Å²) in [6, 6.07) is 9.40. The predicted octanol–water partition coefficient (Wildman–Crippen LogP) is 3.19. The van der Waals surface area contributed by atoms with E-state index < -0.39 is 15.8 Å². The van der Waals surface area contributed by atoms with E-state index in [0.29, 0.717) is 13.0 Å². The number of halogens is 1. The number of rotatable bonds is 3. The maximum Gasteiger partial charge on any atom is 0.246 e. The third kappa shape index (κ3) is 2.73. The number of aryl methyl sites for hydroxylation is 1. The van der Waals surface area contributed by atoms with Gasteiger partial charge in [-0.1, -0.05) is 18.2 Å². The molecular formula is C19H18FN3O2S. The topological polar surface area (TPSA) is 55.2 Å². The first-order chi connectivity index (χ1) is 12.5. The number of aromatic nitrogens is 2. The predicted molar refractivity (Wildman–Crippen MR) is 98.5 cm³/mol. The van der Waals surface area contributed by atoms with Gasteiger partial charge in [-0.3, -0.25) is 0 Å². The van der Waals surface area contributed by atoms with Crippen LogP contribution in [-0.4, -0.2) is 35.4 Å². The van der Waals surface area contributed by atoms with Crippen molar-refractivity contribution in [3.05, 3.63) is 66.2 Å². The van der Waals surface area contributed by atoms with Crippen molar-refractivity contribution in [2.45, 2.75) is 11.3 Å². The van der Waals surface area contributed by atoms with Gasteiger partial charge in [0.2, 0.25) is 10.0 Å². The molecule has 1 aromatic carbocycles. The third-order valence-corrected chi connectivity index (χ3v) is 6.60. The zero-order valence-electron chi connectivity index (χ0n) is 14.3. The van der Waals surface area contributed by atoms with E-state index in [1.807, 2.05) is 36.0 Å². The number of sulfonamides is 1. The molecule has 5 nitrogen and oxygen atoms in total. The molecule has 4 rings (SSSR count). The summed E-state index contributed by atoms with van der Waals surface area (Å²) in [6.45, 7) is 0.543. The van der Waals surface area contributed by atoms with Crippen LogP contribution in [0.15, 0.2) is 59.8 Å². The Labute approximate surface area is 151 Å². The van der Waals surface area contributed by atoms with Gasteiger partial charge in [0.25, 0.3) is 0 Å². The van der Waals surface area contributed by atoms with Crippen molar-refractivity contribution in [3.8, 4) is 0 Å². The Morgan fingerprint density at radius 2 is 1.96 bits per heavy atom. The molecule has 0 spiro atoms. The minimum absolute atomic E-state index is 0.225. The van der Waals surface area contributed by atoms with Crippen molar-refractivity contribution < 1.29 is 12.8 Å². The van der Waals surface area contributed by atoms with Crippen molar-refractivity contribution in [1.29, 1.82) is 0 Å². The first kappa shape index (κ1) is 16.9. The molecule has 0 saturated heterocycles. The average Bonchev–Trinajstić information content (AvgIpc) is 2.99. The Bertz CT molecular complexity index is 1120. The van der Waals surface area contributed by atoms with Crippen LogP contribution in [0, 0.1) is 5.82 Å². The average molecular weight is 371 g/mol. The van der Waals surface area contributed by atoms with Gasteiger partial charge in [0.1, 0.15) is 16.4 Å². The lowest BCUT2D eigenvalue weighted by Crippen LogP contribution is -2.35. The molecular weight excluding hydrogens is 353 g/mol. The summed E-state index contributed by atoms with van der Waals surface area (Å²) < 4.78 is 42.6. The molecule has 0 fully saturated rings. The SMILES string of the molecule is Cn1cc(C2=CCN(S(=O)(=O)c3ccccc3F)CC2)c2cccnc21. The fourth-order valence-corrected chi connectivity index (χ4v) is 4.82. The van der Waals surface area contributed by atoms with E-state index in [-0.39, 0.29) is 11.4 Å². The fraction of sp³-hybridized carbons (Fsp3) is 0.211. The van der Waals surface area contributed by atoms with E-state index in [4.69, 9.17) is 0 Å². The zero-order chi connectivity index (χ0) is 18.3. The number of pyridine rings is 1. The number of hydrogen-bond acceptors (Lipinski definition) is 3. The van der Waals surface area contributed by atoms with Crippen molar-refractivity contribution in [2.24, 2.45) is 7.05 Å². The van der Waals surface area contributed by atoms with E-state index >= 15 is 0 Å². The second kappa shape index (κ2) is 6.34. The van der Waals surface area contributed by atoms with Crippen LogP contribution in [0.2, 0.25) is 0 Å². The van der Waals surface area contributed by atoms with Crippen LogP contribution in [0.25, 0.3) is 16.6 Å². The molecule has 0 saturated carbocycles. The summed E-state index contributed by atoms with van der Waals surface area (Å²) in [4.78, 5) is 4.12. The van der Waals surface area contributed by atoms with E-state index in [0.717, 1.165) is 22.2 Å². The van der Waals surface area contributed by atoms with Gasteiger partial charge in [-0.15, -0.1) is 0 Å². The van der Waals surface area contributed by atoms with Gasteiger partial charge >= 0.3 is 0 Å². The first-order valence-corrected chi connectivity index (χ1v) is 9.76. The number of nitrogens with zero attached hydrogens (tertiary/aromatic N) is 3. The molecule has 0 unspecified atom stereocenters. The lowest BCUT2D eigenvalue weighted by atomic mass is 10.0. The van der Waals surface area contributed by atoms with Crippen LogP contribution in [0.3, 0.4) is 0 Å². The van der Waals surface area contributed by atoms with Crippen molar-refractivity contribution in [2.75, 3.05) is 13.1 Å². The summed E-state index contributed by atoms with van der Waals surface area (Å²) in [6.07, 6.45) is 6.25. The first-order valence-electron chi connectivity index (χ1n) is 8.32. The van der Waals surface area contributed by atoms with Gasteiger partial charge < -0.3 is 4.57 Å². The quantitative estimate of drug-likeness (QED) is 0.710. The molecule has 2 aromatic heterocycles. The van der Waals surface area contributed by atoms with Gasteiger partial charge in [0.15, 0.2) is 0 Å². The van der Waals surface area contributed by atoms with Crippen LogP contribution < -0.4 is 0 Å². The normalized spacial score (nSPS) is 16.0. The van der Waals surface area contributed by atoms with Gasteiger partial charge in [-0.2, -0.15) is 4.31 Å². The smallest absolute Gasteiger partial charge is 0.246 e. The molecule has 1 aliphatic heterocycles. The van der Waals surface area contributed by atoms with Gasteiger partial charge in [0.05, 0.1) is 0 Å². The third-order valence-electron chi connectivity index (χ3n) is 4.71. The fourth-order valence-electron chi connectivity index (χ4n) is 3.37. The number of benzene rings is 1. The van der Waals surface area contributed by atoms with Crippen LogP contribution in [0.5, 0.6) is 0 Å². The van der Waals surface area contributed by atoms with Crippen LogP contribution >= 0.6 is 0 Å². The van der Waals surface area contributed by atoms with E-state index in [1.54, 1.807) is 6.20 Å². The minimum Gasteiger partial charge on any atom is -0.335 e. The molecule has 0 amide bonds. The van der Waals surface area contributed by atoms with Gasteiger partial charge in [-0.25, -0.2) is 17.8 Å². The summed E-state index contributed by atoms with van der Waals surface area (Å²) in [7, 11) is -1.90. The van der Waals surface area contributed by atoms with Crippen LogP contribution in [0.1, 0.15) is 12.0 Å². The Balaban J connectivity index is 1.65. The molecule has 0 bridgehead atoms. The molecule has 3 aromatic rings. The second-order valence-corrected chi connectivity index (χ2v) is 8.21. The highest BCUT2D eigenvalue weighted by atomic mass is 32.2. The molecule has 26 heavy (non-hydrogen) atoms. The van der Waals surface area contributed by atoms with Crippen molar-refractivity contribution in [1.82, 2.24) is 13.9 Å². The molecule has 0 radical (unpaired) electrons. The minimum atomic E-state index is -3.84. The summed E-state index contributed by atoms with van der Waals surface area (Å²) in [5.41, 5.74) is 3.05. The molecule has 0 atom stereocenters. The summed E-state index contributed by atoms with van der Waals surface area (Å²) >= 11 is 0. The number of fused-ring (bicyclic) bond motifs is 1. The molecule has 7 heteroatoms. The van der Waals surface area contributed by atoms with E-state index in [2.05, 4.69) is 4.98 Å². The maximum atomic E-state index is 13.9. The van der Waals surface area contributed by atoms with Crippen LogP contribution in [0.4, 0.5) is 4.39 Å². The van der Waals surface area contributed by atoms with Crippen molar-refractivity contribution >= 4 is 26.6 Å². The highest BCUT2D eigenvalue weighted by Crippen LogP contribution is 2.31. The lowest BCUT2D eigenvalue weighted by Gasteiger charge is -2.26. The monoisotopic (exact) mass is 371 g/mol. The Kier molecular flexibility index (Phi) is 4.13. The zero-order valence-corrected chi connectivity index (χ0v) is 15.1. The maximum absolute atomic E-state index is 13.9. The second-order valence-electron chi connectivity index (χ2n) is 6.30. The highest BCUT2D eigenvalue weighted by molar-refractivity contribution is 7.89. The molecule has 0 aliphatic carbocycles. The molecule has 3 heterocycles. The Morgan fingerprint density at radius 1 is 1.15 bits per heavy atom. The van der Waals surface area contributed by atoms with Crippen molar-refractivity contribution in [3.63, 3.8) is 0 Å². The molecule has 134 valence electrons. The standard InChI is InChI=1S/C19H18FN3O2S/c1-22-13-16(15-5-4-10-21-19(15)22)14-8-11-23(12-9-14)26(24,25)18-7-3-2-6-17(18)20/h2-8,10,13H,9,11-12H2,1H3. The number of hydrogen-bond donors (Lipinski definition) is 0. The summed E-state index contributed by atoms with van der Waals surface area (Å²) in [5, 5.41) is 1.05. The largest absolute Gasteiger partial charge is 0.335 e. The van der Waals surface area contributed by atoms with E-state index in [1.165, 1.54) is 28.6 Å². The van der Waals surface area contributed by atoms with Gasteiger partial charge in [0, 0.05) is 43.5 Å². The Morgan fingerprint density at radius 3 is 2.69 bits per heavy atom.